The maximum absolute atomic E-state index is 12.2. The van der Waals surface area contributed by atoms with Crippen molar-refractivity contribution in [2.45, 2.75) is 39.6 Å². The van der Waals surface area contributed by atoms with Crippen molar-refractivity contribution in [3.63, 3.8) is 0 Å². The van der Waals surface area contributed by atoms with Crippen LogP contribution in [0.15, 0.2) is 30.3 Å². The molecular weight excluding hydrogens is 216 g/mol. The van der Waals surface area contributed by atoms with E-state index in [1.807, 2.05) is 25.1 Å². The molecule has 3 heteroatoms. The second-order valence-corrected chi connectivity index (χ2v) is 4.35. The normalized spacial score (nSPS) is 13.4. The molecule has 1 unspecified atom stereocenters. The minimum absolute atomic E-state index is 0.0374. The number of ether oxygens (including phenoxy) is 2. The van der Waals surface area contributed by atoms with Crippen molar-refractivity contribution in [3.8, 4) is 0 Å². The highest BCUT2D eigenvalue weighted by Gasteiger charge is 2.31. The Hall–Kier alpha value is -1.19. The fourth-order valence-electron chi connectivity index (χ4n) is 1.67. The van der Waals surface area contributed by atoms with Crippen LogP contribution in [-0.2, 0) is 9.47 Å². The molecule has 0 radical (unpaired) electrons. The molecule has 0 N–H and O–H groups in total. The highest BCUT2D eigenvalue weighted by molar-refractivity contribution is 6.01. The Morgan fingerprint density at radius 1 is 1.29 bits per heavy atom. The zero-order valence-corrected chi connectivity index (χ0v) is 10.9. The summed E-state index contributed by atoms with van der Waals surface area (Å²) in [5.41, 5.74) is -0.225. The molecule has 0 bridgehead atoms. The highest BCUT2D eigenvalue weighted by Crippen LogP contribution is 2.19. The fourth-order valence-corrected chi connectivity index (χ4v) is 1.67. The quantitative estimate of drug-likeness (QED) is 0.562. The second-order valence-electron chi connectivity index (χ2n) is 4.35. The molecule has 0 saturated heterocycles. The summed E-state index contributed by atoms with van der Waals surface area (Å²) < 4.78 is 10.9. The number of ketones is 1. The first-order chi connectivity index (χ1) is 7.97. The van der Waals surface area contributed by atoms with Crippen LogP contribution in [-0.4, -0.2) is 24.3 Å². The van der Waals surface area contributed by atoms with E-state index in [1.165, 1.54) is 0 Å². The smallest absolute Gasteiger partial charge is 0.194 e. The minimum Gasteiger partial charge on any atom is -0.353 e. The maximum atomic E-state index is 12.2. The van der Waals surface area contributed by atoms with E-state index in [4.69, 9.17) is 9.47 Å². The lowest BCUT2D eigenvalue weighted by molar-refractivity contribution is -0.172. The third-order valence-corrected chi connectivity index (χ3v) is 2.44. The Morgan fingerprint density at radius 2 is 1.88 bits per heavy atom. The summed E-state index contributed by atoms with van der Waals surface area (Å²) in [6.45, 7) is 7.78. The van der Waals surface area contributed by atoms with Gasteiger partial charge >= 0.3 is 0 Å². The molecule has 0 spiro atoms. The van der Waals surface area contributed by atoms with Gasteiger partial charge in [-0.05, 0) is 27.7 Å². The first-order valence-electron chi connectivity index (χ1n) is 5.86. The van der Waals surface area contributed by atoms with E-state index in [0.29, 0.717) is 12.2 Å². The molecular formula is C14H20O3. The summed E-state index contributed by atoms with van der Waals surface area (Å²) in [7, 11) is 0. The SMILES string of the molecule is CCOC(C)OC(C)(C)C(=O)c1ccccc1. The van der Waals surface area contributed by atoms with Gasteiger partial charge in [0.25, 0.3) is 0 Å². The average Bonchev–Trinajstić information content (AvgIpc) is 2.28. The van der Waals surface area contributed by atoms with Crippen molar-refractivity contribution in [1.29, 1.82) is 0 Å². The number of hydrogen-bond acceptors (Lipinski definition) is 3. The van der Waals surface area contributed by atoms with Crippen molar-refractivity contribution >= 4 is 5.78 Å². The Balaban J connectivity index is 2.73. The van der Waals surface area contributed by atoms with E-state index in [1.54, 1.807) is 32.9 Å². The monoisotopic (exact) mass is 236 g/mol. The average molecular weight is 236 g/mol. The minimum atomic E-state index is -0.879. The predicted octanol–water partition coefficient (Wildman–Crippen LogP) is 3.05. The summed E-state index contributed by atoms with van der Waals surface area (Å²) >= 11 is 0. The van der Waals surface area contributed by atoms with E-state index in [0.717, 1.165) is 0 Å². The molecule has 0 heterocycles. The van der Waals surface area contributed by atoms with Gasteiger partial charge in [0.15, 0.2) is 12.1 Å². The van der Waals surface area contributed by atoms with Crippen LogP contribution < -0.4 is 0 Å². The first-order valence-corrected chi connectivity index (χ1v) is 5.86. The Bertz CT molecular complexity index is 357. The van der Waals surface area contributed by atoms with Crippen molar-refractivity contribution < 1.29 is 14.3 Å². The van der Waals surface area contributed by atoms with E-state index in [-0.39, 0.29) is 12.1 Å². The summed E-state index contributed by atoms with van der Waals surface area (Å²) in [6, 6.07) is 9.15. The van der Waals surface area contributed by atoms with Crippen LogP contribution in [0.4, 0.5) is 0 Å². The van der Waals surface area contributed by atoms with Crippen LogP contribution in [0, 0.1) is 0 Å². The lowest BCUT2D eigenvalue weighted by atomic mass is 9.96. The Morgan fingerprint density at radius 3 is 2.41 bits per heavy atom. The topological polar surface area (TPSA) is 35.5 Å². The van der Waals surface area contributed by atoms with Crippen molar-refractivity contribution in [3.05, 3.63) is 35.9 Å². The van der Waals surface area contributed by atoms with Crippen molar-refractivity contribution in [1.82, 2.24) is 0 Å². The van der Waals surface area contributed by atoms with Gasteiger partial charge in [-0.25, -0.2) is 0 Å². The summed E-state index contributed by atoms with van der Waals surface area (Å²) in [5.74, 6) is -0.0374. The zero-order chi connectivity index (χ0) is 12.9. The fraction of sp³-hybridized carbons (Fsp3) is 0.500. The molecule has 0 aromatic heterocycles. The van der Waals surface area contributed by atoms with E-state index in [9.17, 15) is 4.79 Å². The molecule has 0 saturated carbocycles. The number of benzene rings is 1. The van der Waals surface area contributed by atoms with Crippen LogP contribution in [0.1, 0.15) is 38.1 Å². The Kier molecular flexibility index (Phi) is 4.85. The molecule has 17 heavy (non-hydrogen) atoms. The van der Waals surface area contributed by atoms with Gasteiger partial charge in [-0.2, -0.15) is 0 Å². The van der Waals surface area contributed by atoms with Gasteiger partial charge in [0.05, 0.1) is 0 Å². The number of rotatable bonds is 6. The molecule has 0 aliphatic heterocycles. The second kappa shape index (κ2) is 5.94. The summed E-state index contributed by atoms with van der Waals surface area (Å²) in [4.78, 5) is 12.2. The molecule has 94 valence electrons. The molecule has 1 atom stereocenters. The van der Waals surface area contributed by atoms with Crippen molar-refractivity contribution in [2.75, 3.05) is 6.61 Å². The zero-order valence-electron chi connectivity index (χ0n) is 10.9. The lowest BCUT2D eigenvalue weighted by Crippen LogP contribution is -2.38. The van der Waals surface area contributed by atoms with Crippen molar-refractivity contribution in [2.24, 2.45) is 0 Å². The van der Waals surface area contributed by atoms with Gasteiger partial charge in [0, 0.05) is 12.2 Å². The number of Topliss-reactive ketones (excluding diaryl/α,β-unsaturated/α-hetero) is 1. The lowest BCUT2D eigenvalue weighted by Gasteiger charge is -2.27. The molecule has 0 aliphatic rings. The van der Waals surface area contributed by atoms with Crippen LogP contribution in [0.5, 0.6) is 0 Å². The van der Waals surface area contributed by atoms with E-state index >= 15 is 0 Å². The predicted molar refractivity (Wildman–Crippen MR) is 67.0 cm³/mol. The molecule has 1 aromatic carbocycles. The van der Waals surface area contributed by atoms with Crippen LogP contribution in [0.3, 0.4) is 0 Å². The highest BCUT2D eigenvalue weighted by atomic mass is 16.7. The number of carbonyl (C=O) groups excluding carboxylic acids is 1. The van der Waals surface area contributed by atoms with Gasteiger partial charge in [0.2, 0.25) is 0 Å². The van der Waals surface area contributed by atoms with E-state index in [2.05, 4.69) is 0 Å². The van der Waals surface area contributed by atoms with Gasteiger partial charge < -0.3 is 9.47 Å². The van der Waals surface area contributed by atoms with E-state index < -0.39 is 5.60 Å². The molecule has 3 nitrogen and oxygen atoms in total. The van der Waals surface area contributed by atoms with Gasteiger partial charge in [-0.15, -0.1) is 0 Å². The third-order valence-electron chi connectivity index (χ3n) is 2.44. The van der Waals surface area contributed by atoms with Crippen LogP contribution in [0.2, 0.25) is 0 Å². The molecule has 1 aromatic rings. The summed E-state index contributed by atoms with van der Waals surface area (Å²) in [5, 5.41) is 0. The summed E-state index contributed by atoms with van der Waals surface area (Å²) in [6.07, 6.45) is -0.386. The standard InChI is InChI=1S/C14H20O3/c1-5-16-11(2)17-14(3,4)13(15)12-9-7-6-8-10-12/h6-11H,5H2,1-4H3. The molecule has 1 rings (SSSR count). The van der Waals surface area contributed by atoms with Crippen LogP contribution in [0.25, 0.3) is 0 Å². The first kappa shape index (κ1) is 13.9. The van der Waals surface area contributed by atoms with Gasteiger partial charge in [-0.3, -0.25) is 4.79 Å². The maximum Gasteiger partial charge on any atom is 0.194 e. The van der Waals surface area contributed by atoms with Gasteiger partial charge in [-0.1, -0.05) is 30.3 Å². The third kappa shape index (κ3) is 3.95. The number of carbonyl (C=O) groups is 1. The van der Waals surface area contributed by atoms with Gasteiger partial charge in [0.1, 0.15) is 5.60 Å². The van der Waals surface area contributed by atoms with Crippen LogP contribution >= 0.6 is 0 Å². The molecule has 0 fully saturated rings. The molecule has 0 aliphatic carbocycles. The molecule has 0 amide bonds. The largest absolute Gasteiger partial charge is 0.353 e. The number of hydrogen-bond donors (Lipinski definition) is 0. The Labute approximate surface area is 103 Å².